The molecule has 0 saturated heterocycles. The van der Waals surface area contributed by atoms with Crippen LogP contribution in [0.3, 0.4) is 0 Å². The van der Waals surface area contributed by atoms with E-state index in [-0.39, 0.29) is 0 Å². The molecular formula is C17H13F2NO. The first-order valence-electron chi connectivity index (χ1n) is 6.55. The molecule has 0 aliphatic heterocycles. The second kappa shape index (κ2) is 4.81. The molecule has 0 amide bonds. The van der Waals surface area contributed by atoms with Gasteiger partial charge in [0.2, 0.25) is 0 Å². The van der Waals surface area contributed by atoms with Crippen LogP contribution < -0.4 is 0 Å². The van der Waals surface area contributed by atoms with Crippen LogP contribution in [-0.4, -0.2) is 11.3 Å². The normalized spacial score (nSPS) is 11.0. The fourth-order valence-electron chi connectivity index (χ4n) is 2.63. The molecule has 2 nitrogen and oxygen atoms in total. The molecule has 106 valence electrons. The third kappa shape index (κ3) is 2.03. The fourth-order valence-corrected chi connectivity index (χ4v) is 2.63. The van der Waals surface area contributed by atoms with Gasteiger partial charge in [0.15, 0.2) is 17.9 Å². The monoisotopic (exact) mass is 285 g/mol. The van der Waals surface area contributed by atoms with Crippen molar-refractivity contribution in [3.05, 3.63) is 58.7 Å². The highest BCUT2D eigenvalue weighted by molar-refractivity contribution is 6.06. The first-order valence-corrected chi connectivity index (χ1v) is 6.55. The van der Waals surface area contributed by atoms with Crippen LogP contribution in [0.5, 0.6) is 0 Å². The van der Waals surface area contributed by atoms with Crippen LogP contribution in [0.25, 0.3) is 22.2 Å². The van der Waals surface area contributed by atoms with E-state index in [9.17, 15) is 13.6 Å². The van der Waals surface area contributed by atoms with Gasteiger partial charge in [-0.2, -0.15) is 0 Å². The Kier molecular flexibility index (Phi) is 3.09. The Morgan fingerprint density at radius 2 is 1.71 bits per heavy atom. The van der Waals surface area contributed by atoms with E-state index in [1.54, 1.807) is 0 Å². The maximum atomic E-state index is 13.4. The quantitative estimate of drug-likeness (QED) is 0.689. The molecular weight excluding hydrogens is 272 g/mol. The summed E-state index contributed by atoms with van der Waals surface area (Å²) in [7, 11) is 0. The van der Waals surface area contributed by atoms with Gasteiger partial charge in [0.25, 0.3) is 0 Å². The number of fused-ring (bicyclic) bond motifs is 1. The average Bonchev–Trinajstić information content (AvgIpc) is 2.86. The topological polar surface area (TPSA) is 32.9 Å². The Balaban J connectivity index is 2.37. The maximum absolute atomic E-state index is 13.4. The number of rotatable bonds is 2. The molecule has 2 aromatic carbocycles. The highest BCUT2D eigenvalue weighted by Crippen LogP contribution is 2.33. The summed E-state index contributed by atoms with van der Waals surface area (Å²) in [5, 5.41) is 0.824. The van der Waals surface area contributed by atoms with Crippen molar-refractivity contribution >= 4 is 17.2 Å². The number of aryl methyl sites for hydroxylation is 2. The number of carbonyl (C=O) groups excluding carboxylic acids is 1. The third-order valence-corrected chi connectivity index (χ3v) is 3.74. The number of aromatic nitrogens is 1. The molecule has 0 aliphatic rings. The molecule has 0 fully saturated rings. The molecule has 0 unspecified atom stereocenters. The van der Waals surface area contributed by atoms with E-state index in [0.717, 1.165) is 40.4 Å². The van der Waals surface area contributed by atoms with Gasteiger partial charge in [-0.25, -0.2) is 8.78 Å². The highest BCUT2D eigenvalue weighted by atomic mass is 19.2. The standard InChI is InChI=1S/C17H13F2NO/c1-9-3-4-10(2)16-15(9)12(8-21)17(20-16)11-5-6-13(18)14(19)7-11/h3-8,20H,1-2H3. The number of benzene rings is 2. The summed E-state index contributed by atoms with van der Waals surface area (Å²) >= 11 is 0. The van der Waals surface area contributed by atoms with Gasteiger partial charge in [0.1, 0.15) is 0 Å². The van der Waals surface area contributed by atoms with Crippen molar-refractivity contribution in [2.24, 2.45) is 0 Å². The molecule has 1 aromatic heterocycles. The number of carbonyl (C=O) groups is 1. The van der Waals surface area contributed by atoms with Gasteiger partial charge in [0, 0.05) is 22.0 Å². The van der Waals surface area contributed by atoms with Crippen LogP contribution >= 0.6 is 0 Å². The predicted molar refractivity (Wildman–Crippen MR) is 78.5 cm³/mol. The number of hydrogen-bond acceptors (Lipinski definition) is 1. The largest absolute Gasteiger partial charge is 0.354 e. The van der Waals surface area contributed by atoms with Crippen molar-refractivity contribution < 1.29 is 13.6 Å². The lowest BCUT2D eigenvalue weighted by Crippen LogP contribution is -1.89. The molecule has 0 bridgehead atoms. The minimum atomic E-state index is -0.934. The van der Waals surface area contributed by atoms with Crippen molar-refractivity contribution in [3.8, 4) is 11.3 Å². The van der Waals surface area contributed by atoms with Gasteiger partial charge in [-0.15, -0.1) is 0 Å². The van der Waals surface area contributed by atoms with E-state index >= 15 is 0 Å². The lowest BCUT2D eigenvalue weighted by Gasteiger charge is -2.01. The van der Waals surface area contributed by atoms with Crippen LogP contribution in [0, 0.1) is 25.5 Å². The maximum Gasteiger partial charge on any atom is 0.159 e. The summed E-state index contributed by atoms with van der Waals surface area (Å²) in [4.78, 5) is 14.7. The number of hydrogen-bond donors (Lipinski definition) is 1. The minimum Gasteiger partial charge on any atom is -0.354 e. The average molecular weight is 285 g/mol. The number of aldehydes is 1. The summed E-state index contributed by atoms with van der Waals surface area (Å²) in [5.74, 6) is -1.84. The zero-order valence-electron chi connectivity index (χ0n) is 11.6. The zero-order valence-corrected chi connectivity index (χ0v) is 11.6. The number of nitrogens with one attached hydrogen (secondary N) is 1. The number of H-pyrrole nitrogens is 1. The summed E-state index contributed by atoms with van der Waals surface area (Å²) < 4.78 is 26.5. The second-order valence-corrected chi connectivity index (χ2v) is 5.11. The lowest BCUT2D eigenvalue weighted by atomic mass is 10.0. The molecule has 4 heteroatoms. The Morgan fingerprint density at radius 1 is 1.00 bits per heavy atom. The van der Waals surface area contributed by atoms with E-state index in [1.807, 2.05) is 26.0 Å². The van der Waals surface area contributed by atoms with Gasteiger partial charge >= 0.3 is 0 Å². The van der Waals surface area contributed by atoms with Crippen molar-refractivity contribution in [3.63, 3.8) is 0 Å². The molecule has 0 saturated carbocycles. The highest BCUT2D eigenvalue weighted by Gasteiger charge is 2.16. The van der Waals surface area contributed by atoms with Gasteiger partial charge in [-0.05, 0) is 43.2 Å². The second-order valence-electron chi connectivity index (χ2n) is 5.11. The van der Waals surface area contributed by atoms with Crippen LogP contribution in [0.4, 0.5) is 8.78 Å². The number of aromatic amines is 1. The van der Waals surface area contributed by atoms with E-state index in [0.29, 0.717) is 16.8 Å². The molecule has 1 heterocycles. The van der Waals surface area contributed by atoms with E-state index in [1.165, 1.54) is 6.07 Å². The van der Waals surface area contributed by atoms with Gasteiger partial charge in [-0.1, -0.05) is 12.1 Å². The molecule has 3 rings (SSSR count). The van der Waals surface area contributed by atoms with Crippen LogP contribution in [-0.2, 0) is 0 Å². The van der Waals surface area contributed by atoms with Crippen LogP contribution in [0.2, 0.25) is 0 Å². The molecule has 0 aliphatic carbocycles. The fraction of sp³-hybridized carbons (Fsp3) is 0.118. The van der Waals surface area contributed by atoms with Crippen LogP contribution in [0.15, 0.2) is 30.3 Å². The SMILES string of the molecule is Cc1ccc(C)c2c(C=O)c(-c3ccc(F)c(F)c3)[nH]c12. The van der Waals surface area contributed by atoms with Crippen LogP contribution in [0.1, 0.15) is 21.5 Å². The van der Waals surface area contributed by atoms with E-state index in [4.69, 9.17) is 0 Å². The Hall–Kier alpha value is -2.49. The molecule has 3 aromatic rings. The molecule has 0 radical (unpaired) electrons. The van der Waals surface area contributed by atoms with Crippen molar-refractivity contribution in [1.82, 2.24) is 4.98 Å². The van der Waals surface area contributed by atoms with Gasteiger partial charge < -0.3 is 4.98 Å². The zero-order chi connectivity index (χ0) is 15.1. The summed E-state index contributed by atoms with van der Waals surface area (Å²) in [5.41, 5.74) is 4.23. The Bertz CT molecular complexity index is 865. The minimum absolute atomic E-state index is 0.450. The van der Waals surface area contributed by atoms with Gasteiger partial charge in [0.05, 0.1) is 5.69 Å². The van der Waals surface area contributed by atoms with Crippen molar-refractivity contribution in [1.29, 1.82) is 0 Å². The van der Waals surface area contributed by atoms with E-state index in [2.05, 4.69) is 4.98 Å². The van der Waals surface area contributed by atoms with E-state index < -0.39 is 11.6 Å². The summed E-state index contributed by atoms with van der Waals surface area (Å²) in [6.07, 6.45) is 0.752. The van der Waals surface area contributed by atoms with Crippen molar-refractivity contribution in [2.45, 2.75) is 13.8 Å². The van der Waals surface area contributed by atoms with Gasteiger partial charge in [-0.3, -0.25) is 4.79 Å². The first-order chi connectivity index (χ1) is 10.0. The third-order valence-electron chi connectivity index (χ3n) is 3.74. The predicted octanol–water partition coefficient (Wildman–Crippen LogP) is 4.54. The first kappa shape index (κ1) is 13.5. The lowest BCUT2D eigenvalue weighted by molar-refractivity contribution is 0.112. The molecule has 0 spiro atoms. The number of halogens is 2. The van der Waals surface area contributed by atoms with Crippen molar-refractivity contribution in [2.75, 3.05) is 0 Å². The Labute approximate surface area is 120 Å². The smallest absolute Gasteiger partial charge is 0.159 e. The summed E-state index contributed by atoms with van der Waals surface area (Å²) in [6.45, 7) is 3.85. The molecule has 1 N–H and O–H groups in total. The summed E-state index contributed by atoms with van der Waals surface area (Å²) in [6, 6.07) is 7.51. The molecule has 21 heavy (non-hydrogen) atoms. The molecule has 0 atom stereocenters. The Morgan fingerprint density at radius 3 is 2.38 bits per heavy atom.